The van der Waals surface area contributed by atoms with E-state index in [0.717, 1.165) is 17.7 Å². The molecule has 3 N–H and O–H groups in total. The molecule has 0 bridgehead atoms. The number of nitrogen functional groups attached to an aromatic ring is 1. The molecule has 2 aromatic rings. The second-order valence-corrected chi connectivity index (χ2v) is 7.37. The second kappa shape index (κ2) is 7.09. The summed E-state index contributed by atoms with van der Waals surface area (Å²) in [7, 11) is 0. The number of amides is 1. The van der Waals surface area contributed by atoms with Crippen molar-refractivity contribution in [3.63, 3.8) is 0 Å². The van der Waals surface area contributed by atoms with Crippen molar-refractivity contribution in [2.75, 3.05) is 36.8 Å². The molecule has 1 aromatic carbocycles. The molecule has 2 aliphatic rings. The van der Waals surface area contributed by atoms with Gasteiger partial charge in [-0.1, -0.05) is 12.1 Å². The largest absolute Gasteiger partial charge is 0.416 e. The Morgan fingerprint density at radius 2 is 1.79 bits per heavy atom. The van der Waals surface area contributed by atoms with Crippen LogP contribution in [0.2, 0.25) is 0 Å². The lowest BCUT2D eigenvalue weighted by Crippen LogP contribution is -2.49. The van der Waals surface area contributed by atoms with Gasteiger partial charge in [-0.2, -0.15) is 18.2 Å². The molecule has 0 unspecified atom stereocenters. The van der Waals surface area contributed by atoms with E-state index in [9.17, 15) is 22.8 Å². The zero-order chi connectivity index (χ0) is 20.8. The zero-order valence-electron chi connectivity index (χ0n) is 15.4. The number of benzene rings is 1. The minimum absolute atomic E-state index is 0.0261. The average Bonchev–Trinajstić information content (AvgIpc) is 3.48. The Morgan fingerprint density at radius 3 is 2.38 bits per heavy atom. The van der Waals surface area contributed by atoms with E-state index in [-0.39, 0.29) is 23.6 Å². The van der Waals surface area contributed by atoms with Crippen LogP contribution in [0.1, 0.15) is 23.5 Å². The molecule has 10 heteroatoms. The highest BCUT2D eigenvalue weighted by molar-refractivity contribution is 5.83. The Kier molecular flexibility index (Phi) is 4.71. The van der Waals surface area contributed by atoms with Crippen LogP contribution in [-0.4, -0.2) is 47.0 Å². The summed E-state index contributed by atoms with van der Waals surface area (Å²) in [5.41, 5.74) is 6.04. The lowest BCUT2D eigenvalue weighted by atomic mass is 10.1. The monoisotopic (exact) mass is 407 g/mol. The number of nitrogens with two attached hydrogens (primary N) is 1. The number of carbonyl (C=O) groups excluding carboxylic acids is 1. The number of hydrogen-bond donors (Lipinski definition) is 2. The Balaban J connectivity index is 1.34. The number of carbonyl (C=O) groups is 1. The summed E-state index contributed by atoms with van der Waals surface area (Å²) in [4.78, 5) is 33.8. The highest BCUT2D eigenvalue weighted by atomic mass is 19.4. The van der Waals surface area contributed by atoms with Gasteiger partial charge in [0.25, 0.3) is 0 Å². The van der Waals surface area contributed by atoms with Crippen LogP contribution in [-0.2, 0) is 11.0 Å². The molecule has 2 fully saturated rings. The number of alkyl halides is 3. The Morgan fingerprint density at radius 1 is 1.14 bits per heavy atom. The van der Waals surface area contributed by atoms with E-state index >= 15 is 0 Å². The molecule has 0 spiro atoms. The van der Waals surface area contributed by atoms with E-state index in [2.05, 4.69) is 9.97 Å². The van der Waals surface area contributed by atoms with Crippen molar-refractivity contribution >= 4 is 17.4 Å². The summed E-state index contributed by atoms with van der Waals surface area (Å²) in [5, 5.41) is 0. The number of aromatic amines is 1. The molecule has 1 saturated heterocycles. The molecular formula is C19H20F3N5O2. The Labute approximate surface area is 164 Å². The number of nitrogens with one attached hydrogen (secondary N) is 1. The van der Waals surface area contributed by atoms with E-state index in [1.807, 2.05) is 4.90 Å². The van der Waals surface area contributed by atoms with Crippen molar-refractivity contribution in [2.45, 2.75) is 18.5 Å². The predicted molar refractivity (Wildman–Crippen MR) is 100 cm³/mol. The van der Waals surface area contributed by atoms with Crippen LogP contribution in [0.25, 0.3) is 0 Å². The van der Waals surface area contributed by atoms with Crippen LogP contribution >= 0.6 is 0 Å². The molecule has 2 heterocycles. The number of piperazine rings is 1. The number of aromatic nitrogens is 2. The van der Waals surface area contributed by atoms with Gasteiger partial charge in [0.15, 0.2) is 0 Å². The molecule has 29 heavy (non-hydrogen) atoms. The SMILES string of the molecule is Nc1[nH]c(=O)ncc1N1CCN(C(=O)[C@H]2C[C@@H]2c2ccc(C(F)(F)F)cc2)CC1. The van der Waals surface area contributed by atoms with Gasteiger partial charge in [0.2, 0.25) is 5.91 Å². The molecule has 1 aliphatic carbocycles. The van der Waals surface area contributed by atoms with Gasteiger partial charge in [-0.15, -0.1) is 0 Å². The predicted octanol–water partition coefficient (Wildman–Crippen LogP) is 1.82. The minimum atomic E-state index is -4.36. The van der Waals surface area contributed by atoms with Crippen molar-refractivity contribution in [3.8, 4) is 0 Å². The number of halogens is 3. The summed E-state index contributed by atoms with van der Waals surface area (Å²) < 4.78 is 38.1. The average molecular weight is 407 g/mol. The Hall–Kier alpha value is -3.04. The van der Waals surface area contributed by atoms with Gasteiger partial charge in [-0.05, 0) is 30.0 Å². The molecule has 1 aromatic heterocycles. The highest BCUT2D eigenvalue weighted by Gasteiger charge is 2.46. The van der Waals surface area contributed by atoms with Crippen molar-refractivity contribution in [3.05, 3.63) is 52.1 Å². The smallest absolute Gasteiger partial charge is 0.383 e. The topological polar surface area (TPSA) is 95.3 Å². The lowest BCUT2D eigenvalue weighted by molar-refractivity contribution is -0.137. The van der Waals surface area contributed by atoms with Gasteiger partial charge in [-0.3, -0.25) is 9.78 Å². The quantitative estimate of drug-likeness (QED) is 0.809. The number of rotatable bonds is 3. The van der Waals surface area contributed by atoms with Crippen LogP contribution in [0.5, 0.6) is 0 Å². The fraction of sp³-hybridized carbons (Fsp3) is 0.421. The molecule has 4 rings (SSSR count). The van der Waals surface area contributed by atoms with Gasteiger partial charge < -0.3 is 15.5 Å². The fourth-order valence-electron chi connectivity index (χ4n) is 3.81. The fourth-order valence-corrected chi connectivity index (χ4v) is 3.81. The van der Waals surface area contributed by atoms with Crippen molar-refractivity contribution in [1.29, 1.82) is 0 Å². The van der Waals surface area contributed by atoms with Gasteiger partial charge in [-0.25, -0.2) is 4.79 Å². The number of nitrogens with zero attached hydrogens (tertiary/aromatic N) is 3. The van der Waals surface area contributed by atoms with E-state index in [1.165, 1.54) is 18.3 Å². The molecule has 154 valence electrons. The first kappa shape index (κ1) is 19.3. The van der Waals surface area contributed by atoms with Gasteiger partial charge in [0.05, 0.1) is 17.4 Å². The molecule has 7 nitrogen and oxygen atoms in total. The first-order chi connectivity index (χ1) is 13.7. The van der Waals surface area contributed by atoms with Crippen LogP contribution in [0.15, 0.2) is 35.3 Å². The normalized spacial score (nSPS) is 21.9. The first-order valence-corrected chi connectivity index (χ1v) is 9.30. The third-order valence-electron chi connectivity index (χ3n) is 5.53. The number of anilines is 2. The summed E-state index contributed by atoms with van der Waals surface area (Å²) in [6.45, 7) is 2.13. The number of H-pyrrole nitrogens is 1. The van der Waals surface area contributed by atoms with E-state index < -0.39 is 17.4 Å². The summed E-state index contributed by atoms with van der Waals surface area (Å²) in [6.07, 6.45) is -2.28. The molecule has 1 aliphatic heterocycles. The van der Waals surface area contributed by atoms with Crippen LogP contribution < -0.4 is 16.3 Å². The summed E-state index contributed by atoms with van der Waals surface area (Å²) in [6, 6.07) is 5.06. The van der Waals surface area contributed by atoms with Gasteiger partial charge in [0.1, 0.15) is 5.82 Å². The maximum Gasteiger partial charge on any atom is 0.416 e. The highest BCUT2D eigenvalue weighted by Crippen LogP contribution is 2.49. The third-order valence-corrected chi connectivity index (χ3v) is 5.53. The molecular weight excluding hydrogens is 387 g/mol. The van der Waals surface area contributed by atoms with E-state index in [4.69, 9.17) is 5.73 Å². The number of hydrogen-bond acceptors (Lipinski definition) is 5. The van der Waals surface area contributed by atoms with Crippen molar-refractivity contribution in [1.82, 2.24) is 14.9 Å². The zero-order valence-corrected chi connectivity index (χ0v) is 15.4. The molecule has 0 radical (unpaired) electrons. The maximum absolute atomic E-state index is 12.8. The molecule has 1 saturated carbocycles. The molecule has 1 amide bonds. The van der Waals surface area contributed by atoms with E-state index in [1.54, 1.807) is 4.90 Å². The Bertz CT molecular complexity index is 965. The standard InChI is InChI=1S/C19H20F3N5O2/c20-19(21,22)12-3-1-11(2-4-12)13-9-14(13)17(28)27-7-5-26(6-8-27)15-10-24-18(29)25-16(15)23/h1-4,10,13-14H,5-9H2,(H3,23,24,25,29)/t13-,14+/m1/s1. The second-order valence-electron chi connectivity index (χ2n) is 7.37. The van der Waals surface area contributed by atoms with Crippen LogP contribution in [0.3, 0.4) is 0 Å². The summed E-state index contributed by atoms with van der Waals surface area (Å²) >= 11 is 0. The maximum atomic E-state index is 12.8. The van der Waals surface area contributed by atoms with Gasteiger partial charge in [0, 0.05) is 32.1 Å². The van der Waals surface area contributed by atoms with Crippen molar-refractivity contribution in [2.24, 2.45) is 5.92 Å². The van der Waals surface area contributed by atoms with E-state index in [0.29, 0.717) is 38.3 Å². The molecule has 2 atom stereocenters. The lowest BCUT2D eigenvalue weighted by Gasteiger charge is -2.36. The summed E-state index contributed by atoms with van der Waals surface area (Å²) in [5.74, 6) is 0.0661. The van der Waals surface area contributed by atoms with Crippen LogP contribution in [0.4, 0.5) is 24.7 Å². The van der Waals surface area contributed by atoms with Gasteiger partial charge >= 0.3 is 11.9 Å². The third kappa shape index (κ3) is 3.92. The first-order valence-electron chi connectivity index (χ1n) is 9.30. The van der Waals surface area contributed by atoms with Crippen molar-refractivity contribution < 1.29 is 18.0 Å². The minimum Gasteiger partial charge on any atom is -0.383 e. The van der Waals surface area contributed by atoms with Crippen LogP contribution in [0, 0.1) is 5.92 Å².